The van der Waals surface area contributed by atoms with Gasteiger partial charge in [-0.1, -0.05) is 34.1 Å². The second-order valence-corrected chi connectivity index (χ2v) is 9.15. The molecule has 0 radical (unpaired) electrons. The minimum Gasteiger partial charge on any atom is -0.497 e. The third kappa shape index (κ3) is 5.93. The highest BCUT2D eigenvalue weighted by Gasteiger charge is 2.27. The van der Waals surface area contributed by atoms with Gasteiger partial charge < -0.3 is 4.74 Å². The third-order valence-electron chi connectivity index (χ3n) is 4.25. The molecule has 0 spiro atoms. The highest BCUT2D eigenvalue weighted by molar-refractivity contribution is 9.10. The smallest absolute Gasteiger partial charge is 0.264 e. The van der Waals surface area contributed by atoms with Gasteiger partial charge in [0.2, 0.25) is 0 Å². The zero-order valence-corrected chi connectivity index (χ0v) is 19.0. The van der Waals surface area contributed by atoms with Crippen molar-refractivity contribution < 1.29 is 17.9 Å². The van der Waals surface area contributed by atoms with E-state index in [2.05, 4.69) is 26.5 Å². The van der Waals surface area contributed by atoms with Crippen LogP contribution < -0.4 is 14.5 Å². The molecule has 3 aromatic rings. The summed E-state index contributed by atoms with van der Waals surface area (Å²) in [5.74, 6) is 0.129. The van der Waals surface area contributed by atoms with Crippen LogP contribution in [0.1, 0.15) is 5.56 Å². The lowest BCUT2D eigenvalue weighted by molar-refractivity contribution is -0.119. The minimum atomic E-state index is -3.96. The van der Waals surface area contributed by atoms with Gasteiger partial charge in [-0.2, -0.15) is 5.10 Å². The number of methoxy groups -OCH3 is 1. The Morgan fingerprint density at radius 2 is 1.68 bits per heavy atom. The molecule has 0 aromatic heterocycles. The summed E-state index contributed by atoms with van der Waals surface area (Å²) in [7, 11) is -2.38. The van der Waals surface area contributed by atoms with Crippen LogP contribution in [-0.4, -0.2) is 34.2 Å². The second kappa shape index (κ2) is 10.2. The van der Waals surface area contributed by atoms with Gasteiger partial charge in [0.25, 0.3) is 15.9 Å². The number of hydrogen-bond donors (Lipinski definition) is 1. The van der Waals surface area contributed by atoms with Crippen LogP contribution >= 0.6 is 15.9 Å². The maximum atomic E-state index is 13.2. The molecule has 1 N–H and O–H groups in total. The molecule has 3 rings (SSSR count). The van der Waals surface area contributed by atoms with Crippen LogP contribution in [0.2, 0.25) is 0 Å². The first-order chi connectivity index (χ1) is 14.9. The number of benzene rings is 3. The minimum absolute atomic E-state index is 0.0902. The van der Waals surface area contributed by atoms with Gasteiger partial charge in [0.15, 0.2) is 0 Å². The first kappa shape index (κ1) is 22.5. The average molecular weight is 502 g/mol. The number of sulfonamides is 1. The zero-order chi connectivity index (χ0) is 22.3. The summed E-state index contributed by atoms with van der Waals surface area (Å²) in [6.07, 6.45) is 1.47. The second-order valence-electron chi connectivity index (χ2n) is 6.37. The maximum Gasteiger partial charge on any atom is 0.264 e. The van der Waals surface area contributed by atoms with Crippen molar-refractivity contribution in [2.24, 2.45) is 5.10 Å². The topological polar surface area (TPSA) is 88.1 Å². The standard InChI is InChI=1S/C22H20BrN3O4S/c1-30-20-13-7-17(8-14-20)15-24-25-22(27)16-26(19-11-9-18(23)10-12-19)31(28,29)21-5-3-2-4-6-21/h2-15H,16H2,1H3,(H,25,27)/b24-15-. The highest BCUT2D eigenvalue weighted by Crippen LogP contribution is 2.25. The molecule has 1 amide bonds. The van der Waals surface area contributed by atoms with E-state index in [4.69, 9.17) is 4.74 Å². The van der Waals surface area contributed by atoms with Crippen molar-refractivity contribution in [1.82, 2.24) is 5.43 Å². The molecule has 0 aliphatic carbocycles. The Balaban J connectivity index is 1.78. The van der Waals surface area contributed by atoms with E-state index in [9.17, 15) is 13.2 Å². The molecule has 0 saturated heterocycles. The lowest BCUT2D eigenvalue weighted by Crippen LogP contribution is -2.39. The predicted molar refractivity (Wildman–Crippen MR) is 124 cm³/mol. The van der Waals surface area contributed by atoms with Crippen LogP contribution in [-0.2, 0) is 14.8 Å². The molecule has 9 heteroatoms. The SMILES string of the molecule is COc1ccc(/C=N\NC(=O)CN(c2ccc(Br)cc2)S(=O)(=O)c2ccccc2)cc1. The van der Waals surface area contributed by atoms with Crippen molar-refractivity contribution in [1.29, 1.82) is 0 Å². The summed E-state index contributed by atoms with van der Waals surface area (Å²) >= 11 is 3.33. The predicted octanol–water partition coefficient (Wildman–Crippen LogP) is 3.80. The van der Waals surface area contributed by atoms with Crippen LogP contribution in [0, 0.1) is 0 Å². The van der Waals surface area contributed by atoms with E-state index in [1.807, 2.05) is 0 Å². The molecule has 31 heavy (non-hydrogen) atoms. The van der Waals surface area contributed by atoms with Crippen molar-refractivity contribution in [3.05, 3.63) is 88.9 Å². The molecule has 0 saturated carbocycles. The van der Waals surface area contributed by atoms with Crippen molar-refractivity contribution in [2.75, 3.05) is 18.0 Å². The fourth-order valence-corrected chi connectivity index (χ4v) is 4.38. The molecule has 3 aromatic carbocycles. The number of amides is 1. The first-order valence-electron chi connectivity index (χ1n) is 9.19. The van der Waals surface area contributed by atoms with Crippen molar-refractivity contribution in [3.8, 4) is 5.75 Å². The number of hydrazone groups is 1. The number of carbonyl (C=O) groups is 1. The molecular weight excluding hydrogens is 482 g/mol. The summed E-state index contributed by atoms with van der Waals surface area (Å²) in [4.78, 5) is 12.6. The zero-order valence-electron chi connectivity index (χ0n) is 16.6. The molecule has 0 unspecified atom stereocenters. The fourth-order valence-electron chi connectivity index (χ4n) is 2.68. The Labute approximate surface area is 189 Å². The largest absolute Gasteiger partial charge is 0.497 e. The quantitative estimate of drug-likeness (QED) is 0.375. The Hall–Kier alpha value is -3.17. The molecule has 160 valence electrons. The summed E-state index contributed by atoms with van der Waals surface area (Å²) in [6, 6.07) is 21.7. The number of nitrogens with one attached hydrogen (secondary N) is 1. The normalized spacial score (nSPS) is 11.3. The first-order valence-corrected chi connectivity index (χ1v) is 11.4. The lowest BCUT2D eigenvalue weighted by atomic mass is 10.2. The van der Waals surface area contributed by atoms with E-state index in [-0.39, 0.29) is 4.90 Å². The van der Waals surface area contributed by atoms with Gasteiger partial charge >= 0.3 is 0 Å². The van der Waals surface area contributed by atoms with E-state index in [0.29, 0.717) is 11.4 Å². The summed E-state index contributed by atoms with van der Waals surface area (Å²) in [5, 5.41) is 3.92. The van der Waals surface area contributed by atoms with Crippen LogP contribution in [0.5, 0.6) is 5.75 Å². The van der Waals surface area contributed by atoms with Gasteiger partial charge in [0.1, 0.15) is 12.3 Å². The van der Waals surface area contributed by atoms with Gasteiger partial charge in [-0.15, -0.1) is 0 Å². The number of hydrogen-bond acceptors (Lipinski definition) is 5. The van der Waals surface area contributed by atoms with Crippen molar-refractivity contribution in [3.63, 3.8) is 0 Å². The number of halogens is 1. The number of rotatable bonds is 8. The Bertz CT molecular complexity index is 1150. The number of carbonyl (C=O) groups excluding carboxylic acids is 1. The van der Waals surface area contributed by atoms with Crippen LogP contribution in [0.3, 0.4) is 0 Å². The van der Waals surface area contributed by atoms with Gasteiger partial charge in [0.05, 0.1) is 23.9 Å². The Morgan fingerprint density at radius 1 is 1.03 bits per heavy atom. The number of anilines is 1. The highest BCUT2D eigenvalue weighted by atomic mass is 79.9. The summed E-state index contributed by atoms with van der Waals surface area (Å²) in [5.41, 5.74) is 3.49. The van der Waals surface area contributed by atoms with Crippen LogP contribution in [0.25, 0.3) is 0 Å². The van der Waals surface area contributed by atoms with E-state index in [0.717, 1.165) is 14.3 Å². The van der Waals surface area contributed by atoms with Gasteiger partial charge in [0, 0.05) is 4.47 Å². The van der Waals surface area contributed by atoms with E-state index < -0.39 is 22.5 Å². The van der Waals surface area contributed by atoms with Gasteiger partial charge in [-0.25, -0.2) is 13.8 Å². The van der Waals surface area contributed by atoms with Crippen molar-refractivity contribution >= 4 is 43.8 Å². The molecule has 0 atom stereocenters. The van der Waals surface area contributed by atoms with E-state index in [1.165, 1.54) is 18.3 Å². The monoisotopic (exact) mass is 501 g/mol. The van der Waals surface area contributed by atoms with Crippen molar-refractivity contribution in [2.45, 2.75) is 4.90 Å². The van der Waals surface area contributed by atoms with Crippen LogP contribution in [0.4, 0.5) is 5.69 Å². The van der Waals surface area contributed by atoms with E-state index in [1.54, 1.807) is 73.8 Å². The maximum absolute atomic E-state index is 13.2. The number of nitrogens with zero attached hydrogens (tertiary/aromatic N) is 2. The molecule has 7 nitrogen and oxygen atoms in total. The van der Waals surface area contributed by atoms with Crippen LogP contribution in [0.15, 0.2) is 93.3 Å². The Morgan fingerprint density at radius 3 is 2.29 bits per heavy atom. The lowest BCUT2D eigenvalue weighted by Gasteiger charge is -2.23. The fraction of sp³-hybridized carbons (Fsp3) is 0.0909. The third-order valence-corrected chi connectivity index (χ3v) is 6.57. The van der Waals surface area contributed by atoms with Gasteiger partial charge in [-0.3, -0.25) is 9.10 Å². The molecule has 0 aliphatic rings. The molecule has 0 aliphatic heterocycles. The summed E-state index contributed by atoms with van der Waals surface area (Å²) < 4.78 is 33.3. The summed E-state index contributed by atoms with van der Waals surface area (Å²) in [6.45, 7) is -0.432. The molecule has 0 heterocycles. The molecular formula is C22H20BrN3O4S. The van der Waals surface area contributed by atoms with Gasteiger partial charge in [-0.05, 0) is 66.2 Å². The molecule has 0 bridgehead atoms. The molecule has 0 fully saturated rings. The number of ether oxygens (including phenoxy) is 1. The van der Waals surface area contributed by atoms with E-state index >= 15 is 0 Å². The average Bonchev–Trinajstić information content (AvgIpc) is 2.79. The Kier molecular flexibility index (Phi) is 7.43.